The summed E-state index contributed by atoms with van der Waals surface area (Å²) in [6, 6.07) is 8.59. The standard InChI is InChI=1S/C21H23BrN2S/c1-13-5-6-14(9-18(13)22)12-24-20-17(11-23)16-8-7-15(21(2,3)4)10-19(16)25-20/h5-6,9,12,15H,7-8,10H2,1-4H3/t15-/m1/s1. The Morgan fingerprint density at radius 1 is 1.36 bits per heavy atom. The van der Waals surface area contributed by atoms with E-state index in [1.54, 1.807) is 11.3 Å². The van der Waals surface area contributed by atoms with Crippen molar-refractivity contribution in [1.29, 1.82) is 5.26 Å². The summed E-state index contributed by atoms with van der Waals surface area (Å²) in [7, 11) is 0. The average Bonchev–Trinajstić information content (AvgIpc) is 2.91. The summed E-state index contributed by atoms with van der Waals surface area (Å²) < 4.78 is 1.08. The Hall–Kier alpha value is -1.44. The van der Waals surface area contributed by atoms with Gasteiger partial charge in [0.1, 0.15) is 11.1 Å². The highest BCUT2D eigenvalue weighted by molar-refractivity contribution is 9.10. The Bertz CT molecular complexity index is 865. The van der Waals surface area contributed by atoms with E-state index in [-0.39, 0.29) is 0 Å². The molecule has 0 unspecified atom stereocenters. The monoisotopic (exact) mass is 414 g/mol. The highest BCUT2D eigenvalue weighted by atomic mass is 79.9. The van der Waals surface area contributed by atoms with E-state index >= 15 is 0 Å². The van der Waals surface area contributed by atoms with Gasteiger partial charge >= 0.3 is 0 Å². The molecule has 1 aromatic carbocycles. The zero-order valence-corrected chi connectivity index (χ0v) is 17.6. The van der Waals surface area contributed by atoms with Gasteiger partial charge in [0.15, 0.2) is 0 Å². The average molecular weight is 415 g/mol. The molecule has 0 saturated carbocycles. The summed E-state index contributed by atoms with van der Waals surface area (Å²) >= 11 is 5.26. The van der Waals surface area contributed by atoms with Crippen LogP contribution in [-0.2, 0) is 12.8 Å². The molecule has 1 atom stereocenters. The molecule has 0 aliphatic heterocycles. The predicted molar refractivity (Wildman–Crippen MR) is 110 cm³/mol. The zero-order chi connectivity index (χ0) is 18.2. The maximum absolute atomic E-state index is 9.64. The van der Waals surface area contributed by atoms with E-state index < -0.39 is 0 Å². The van der Waals surface area contributed by atoms with Crippen LogP contribution in [0.25, 0.3) is 0 Å². The topological polar surface area (TPSA) is 36.1 Å². The molecule has 1 aliphatic rings. The molecular formula is C21H23BrN2S. The lowest BCUT2D eigenvalue weighted by molar-refractivity contribution is 0.218. The van der Waals surface area contributed by atoms with Crippen molar-refractivity contribution in [2.75, 3.05) is 0 Å². The lowest BCUT2D eigenvalue weighted by atomic mass is 9.72. The lowest BCUT2D eigenvalue weighted by Gasteiger charge is -2.33. The fourth-order valence-electron chi connectivity index (χ4n) is 3.34. The Morgan fingerprint density at radius 2 is 2.12 bits per heavy atom. The molecular weight excluding hydrogens is 392 g/mol. The van der Waals surface area contributed by atoms with Gasteiger partial charge in [0.25, 0.3) is 0 Å². The molecule has 2 aromatic rings. The van der Waals surface area contributed by atoms with Crippen LogP contribution in [-0.4, -0.2) is 6.21 Å². The number of fused-ring (bicyclic) bond motifs is 1. The Kier molecular flexibility index (Phi) is 5.18. The maximum atomic E-state index is 9.64. The molecule has 4 heteroatoms. The molecule has 2 nitrogen and oxygen atoms in total. The van der Waals surface area contributed by atoms with Crippen LogP contribution in [0, 0.1) is 29.6 Å². The fourth-order valence-corrected chi connectivity index (χ4v) is 4.96. The minimum atomic E-state index is 0.312. The molecule has 0 N–H and O–H groups in total. The van der Waals surface area contributed by atoms with E-state index in [4.69, 9.17) is 0 Å². The van der Waals surface area contributed by atoms with Crippen LogP contribution in [0.3, 0.4) is 0 Å². The number of benzene rings is 1. The lowest BCUT2D eigenvalue weighted by Crippen LogP contribution is -2.26. The second kappa shape index (κ2) is 7.05. The normalized spacial score (nSPS) is 17.5. The third kappa shape index (κ3) is 3.88. The van der Waals surface area contributed by atoms with Gasteiger partial charge in [-0.15, -0.1) is 11.3 Å². The first-order chi connectivity index (χ1) is 11.8. The molecule has 130 valence electrons. The van der Waals surface area contributed by atoms with Crippen LogP contribution < -0.4 is 0 Å². The molecule has 1 aromatic heterocycles. The minimum Gasteiger partial charge on any atom is -0.244 e. The number of nitrogens with zero attached hydrogens (tertiary/aromatic N) is 2. The van der Waals surface area contributed by atoms with Crippen LogP contribution in [0.1, 0.15) is 54.3 Å². The SMILES string of the molecule is Cc1ccc(C=Nc2sc3c(c2C#N)CC[C@@H](C(C)(C)C)C3)cc1Br. The Morgan fingerprint density at radius 3 is 2.76 bits per heavy atom. The van der Waals surface area contributed by atoms with Crippen molar-refractivity contribution < 1.29 is 0 Å². The smallest absolute Gasteiger partial charge is 0.134 e. The first-order valence-electron chi connectivity index (χ1n) is 8.64. The van der Waals surface area contributed by atoms with E-state index in [0.717, 1.165) is 39.9 Å². The maximum Gasteiger partial charge on any atom is 0.134 e. The summed E-state index contributed by atoms with van der Waals surface area (Å²) in [5.41, 5.74) is 4.58. The van der Waals surface area contributed by atoms with E-state index in [0.29, 0.717) is 11.3 Å². The van der Waals surface area contributed by atoms with Gasteiger partial charge in [0.2, 0.25) is 0 Å². The van der Waals surface area contributed by atoms with Gasteiger partial charge in [-0.3, -0.25) is 0 Å². The van der Waals surface area contributed by atoms with Gasteiger partial charge in [-0.1, -0.05) is 48.8 Å². The molecule has 25 heavy (non-hydrogen) atoms. The predicted octanol–water partition coefficient (Wildman–Crippen LogP) is 6.59. The molecule has 0 spiro atoms. The van der Waals surface area contributed by atoms with Gasteiger partial charge in [-0.25, -0.2) is 4.99 Å². The summed E-state index contributed by atoms with van der Waals surface area (Å²) in [6.07, 6.45) is 5.10. The number of hydrogen-bond donors (Lipinski definition) is 0. The highest BCUT2D eigenvalue weighted by Crippen LogP contribution is 2.44. The van der Waals surface area contributed by atoms with Crippen molar-refractivity contribution >= 4 is 38.5 Å². The van der Waals surface area contributed by atoms with Crippen molar-refractivity contribution in [1.82, 2.24) is 0 Å². The van der Waals surface area contributed by atoms with Gasteiger partial charge in [0.05, 0.1) is 5.56 Å². The number of aryl methyl sites for hydroxylation is 1. The van der Waals surface area contributed by atoms with Crippen LogP contribution in [0.15, 0.2) is 27.7 Å². The molecule has 0 fully saturated rings. The zero-order valence-electron chi connectivity index (χ0n) is 15.2. The van der Waals surface area contributed by atoms with Crippen LogP contribution in [0.2, 0.25) is 0 Å². The molecule has 0 radical (unpaired) electrons. The van der Waals surface area contributed by atoms with Crippen molar-refractivity contribution in [2.45, 2.75) is 47.0 Å². The van der Waals surface area contributed by atoms with Crippen molar-refractivity contribution in [3.8, 4) is 6.07 Å². The summed E-state index contributed by atoms with van der Waals surface area (Å²) in [5.74, 6) is 0.676. The van der Waals surface area contributed by atoms with Gasteiger partial charge in [-0.05, 0) is 60.3 Å². The Balaban J connectivity index is 1.91. The summed E-state index contributed by atoms with van der Waals surface area (Å²) in [5, 5.41) is 10.5. The van der Waals surface area contributed by atoms with E-state index in [2.05, 4.69) is 72.9 Å². The van der Waals surface area contributed by atoms with E-state index in [1.807, 2.05) is 6.21 Å². The first-order valence-corrected chi connectivity index (χ1v) is 10.3. The van der Waals surface area contributed by atoms with Gasteiger partial charge in [0, 0.05) is 15.6 Å². The molecule has 1 aliphatic carbocycles. The number of aliphatic imine (C=N–C) groups is 1. The third-order valence-corrected chi connectivity index (χ3v) is 7.13. The highest BCUT2D eigenvalue weighted by Gasteiger charge is 2.32. The molecule has 0 amide bonds. The van der Waals surface area contributed by atoms with E-state index in [9.17, 15) is 5.26 Å². The fraction of sp³-hybridized carbons (Fsp3) is 0.429. The van der Waals surface area contributed by atoms with Crippen LogP contribution in [0.4, 0.5) is 5.00 Å². The number of thiophene rings is 1. The number of nitriles is 1. The number of halogens is 1. The number of rotatable bonds is 2. The molecule has 3 rings (SSSR count). The molecule has 0 bridgehead atoms. The van der Waals surface area contributed by atoms with E-state index in [1.165, 1.54) is 16.0 Å². The first kappa shape index (κ1) is 18.4. The van der Waals surface area contributed by atoms with Crippen molar-refractivity contribution in [3.05, 3.63) is 49.8 Å². The third-order valence-electron chi connectivity index (χ3n) is 5.11. The van der Waals surface area contributed by atoms with Crippen LogP contribution >= 0.6 is 27.3 Å². The molecule has 0 saturated heterocycles. The Labute approximate surface area is 162 Å². The second-order valence-electron chi connectivity index (χ2n) is 7.87. The van der Waals surface area contributed by atoms with Crippen LogP contribution in [0.5, 0.6) is 0 Å². The largest absolute Gasteiger partial charge is 0.244 e. The summed E-state index contributed by atoms with van der Waals surface area (Å²) in [4.78, 5) is 6.02. The van der Waals surface area contributed by atoms with Crippen molar-refractivity contribution in [2.24, 2.45) is 16.3 Å². The summed E-state index contributed by atoms with van der Waals surface area (Å²) in [6.45, 7) is 9.01. The quantitative estimate of drug-likeness (QED) is 0.510. The number of hydrogen-bond acceptors (Lipinski definition) is 3. The van der Waals surface area contributed by atoms with Gasteiger partial charge in [-0.2, -0.15) is 5.26 Å². The van der Waals surface area contributed by atoms with Gasteiger partial charge < -0.3 is 0 Å². The second-order valence-corrected chi connectivity index (χ2v) is 9.81. The molecule has 1 heterocycles. The van der Waals surface area contributed by atoms with Crippen molar-refractivity contribution in [3.63, 3.8) is 0 Å². The minimum absolute atomic E-state index is 0.312.